The lowest BCUT2D eigenvalue weighted by Gasteiger charge is -2.13. The number of rotatable bonds is 4. The molecule has 0 spiro atoms. The molecule has 0 bridgehead atoms. The van der Waals surface area contributed by atoms with Crippen LogP contribution in [-0.2, 0) is 0 Å². The van der Waals surface area contributed by atoms with Gasteiger partial charge in [0, 0.05) is 34.0 Å². The Balaban J connectivity index is 0.00000300. The highest BCUT2D eigenvalue weighted by Gasteiger charge is 2.17. The molecule has 2 heteroatoms. The van der Waals surface area contributed by atoms with E-state index < -0.39 is 0 Å². The molecule has 0 amide bonds. The molecular weight excluding hydrogens is 534 g/mol. The van der Waals surface area contributed by atoms with E-state index in [1.165, 1.54) is 55.3 Å². The SMILES string of the molecule is [HH].c1ccc(-c2cc3[nH]c4cc(-c5ccccc5)c(-c5ccc6oc7ccccc7c6c5)cc4c3cc2-c2ccccc2)cc1. The van der Waals surface area contributed by atoms with Crippen LogP contribution in [0.2, 0.25) is 0 Å². The molecule has 2 nitrogen and oxygen atoms in total. The van der Waals surface area contributed by atoms with Gasteiger partial charge in [0.2, 0.25) is 0 Å². The monoisotopic (exact) mass is 563 g/mol. The highest BCUT2D eigenvalue weighted by atomic mass is 16.3. The predicted octanol–water partition coefficient (Wildman–Crippen LogP) is 12.1. The molecule has 0 radical (unpaired) electrons. The van der Waals surface area contributed by atoms with Gasteiger partial charge >= 0.3 is 0 Å². The number of fused-ring (bicyclic) bond motifs is 6. The molecule has 208 valence electrons. The second-order valence-corrected chi connectivity index (χ2v) is 11.4. The normalized spacial score (nSPS) is 11.6. The minimum atomic E-state index is 0. The van der Waals surface area contributed by atoms with Gasteiger partial charge in [-0.05, 0) is 87.0 Å². The molecule has 0 aliphatic rings. The first kappa shape index (κ1) is 24.7. The van der Waals surface area contributed by atoms with Gasteiger partial charge in [-0.2, -0.15) is 0 Å². The van der Waals surface area contributed by atoms with Crippen molar-refractivity contribution in [3.63, 3.8) is 0 Å². The molecule has 44 heavy (non-hydrogen) atoms. The first-order valence-corrected chi connectivity index (χ1v) is 15.0. The van der Waals surface area contributed by atoms with Crippen molar-refractivity contribution in [3.8, 4) is 44.5 Å². The molecule has 1 N–H and O–H groups in total. The fourth-order valence-corrected chi connectivity index (χ4v) is 6.70. The highest BCUT2D eigenvalue weighted by molar-refractivity contribution is 6.14. The van der Waals surface area contributed by atoms with Crippen LogP contribution in [0.3, 0.4) is 0 Å². The van der Waals surface area contributed by atoms with E-state index in [0.29, 0.717) is 0 Å². The summed E-state index contributed by atoms with van der Waals surface area (Å²) in [6.07, 6.45) is 0. The van der Waals surface area contributed by atoms with Crippen LogP contribution in [0.1, 0.15) is 1.43 Å². The van der Waals surface area contributed by atoms with Crippen molar-refractivity contribution in [3.05, 3.63) is 158 Å². The molecule has 2 aromatic heterocycles. The number of furan rings is 1. The number of aromatic nitrogens is 1. The molecule has 9 aromatic rings. The summed E-state index contributed by atoms with van der Waals surface area (Å²) in [6, 6.07) is 56.3. The standard InChI is InChI=1S/C42H27NO.H2/c1-4-12-27(13-5-1)32-23-36-37-24-33(30-20-21-42-38(22-30)31-18-10-11-19-41(31)44-42)35(29-16-8-3-9-17-29)26-40(37)43-39(36)25-34(32)28-14-6-2-7-15-28;/h1-26,43H;1H. The van der Waals surface area contributed by atoms with Crippen LogP contribution in [0.25, 0.3) is 88.3 Å². The van der Waals surface area contributed by atoms with Gasteiger partial charge in [0.05, 0.1) is 0 Å². The zero-order valence-corrected chi connectivity index (χ0v) is 23.9. The Hall–Kier alpha value is -5.86. The zero-order valence-electron chi connectivity index (χ0n) is 23.9. The van der Waals surface area contributed by atoms with E-state index in [9.17, 15) is 0 Å². The van der Waals surface area contributed by atoms with Crippen molar-refractivity contribution in [2.24, 2.45) is 0 Å². The quantitative estimate of drug-likeness (QED) is 0.227. The molecule has 0 aliphatic carbocycles. The average Bonchev–Trinajstić information content (AvgIpc) is 3.65. The lowest BCUT2D eigenvalue weighted by Crippen LogP contribution is -1.87. The summed E-state index contributed by atoms with van der Waals surface area (Å²) >= 11 is 0. The van der Waals surface area contributed by atoms with Gasteiger partial charge in [-0.15, -0.1) is 0 Å². The first-order chi connectivity index (χ1) is 21.8. The summed E-state index contributed by atoms with van der Waals surface area (Å²) in [7, 11) is 0. The van der Waals surface area contributed by atoms with E-state index in [2.05, 4.69) is 151 Å². The van der Waals surface area contributed by atoms with E-state index in [1.54, 1.807) is 0 Å². The van der Waals surface area contributed by atoms with Crippen LogP contribution in [0.5, 0.6) is 0 Å². The fourth-order valence-electron chi connectivity index (χ4n) is 6.70. The fraction of sp³-hybridized carbons (Fsp3) is 0. The number of nitrogens with one attached hydrogen (secondary N) is 1. The van der Waals surface area contributed by atoms with Crippen LogP contribution < -0.4 is 0 Å². The smallest absolute Gasteiger partial charge is 0.135 e. The summed E-state index contributed by atoms with van der Waals surface area (Å²) in [5.74, 6) is 0. The van der Waals surface area contributed by atoms with Crippen LogP contribution in [0.4, 0.5) is 0 Å². The van der Waals surface area contributed by atoms with Gasteiger partial charge in [-0.25, -0.2) is 0 Å². The van der Waals surface area contributed by atoms with E-state index in [0.717, 1.165) is 33.0 Å². The van der Waals surface area contributed by atoms with Crippen molar-refractivity contribution < 1.29 is 5.84 Å². The number of para-hydroxylation sites is 1. The Morgan fingerprint density at radius 3 is 1.36 bits per heavy atom. The van der Waals surface area contributed by atoms with E-state index in [-0.39, 0.29) is 1.43 Å². The second-order valence-electron chi connectivity index (χ2n) is 11.4. The van der Waals surface area contributed by atoms with Gasteiger partial charge in [-0.1, -0.05) is 115 Å². The van der Waals surface area contributed by atoms with Gasteiger partial charge in [0.15, 0.2) is 0 Å². The molecule has 0 atom stereocenters. The predicted molar refractivity (Wildman–Crippen MR) is 187 cm³/mol. The molecule has 9 rings (SSSR count). The Labute approximate surface area is 256 Å². The van der Waals surface area contributed by atoms with E-state index in [1.807, 2.05) is 12.1 Å². The number of aromatic amines is 1. The maximum atomic E-state index is 6.17. The molecule has 0 aliphatic heterocycles. The highest BCUT2D eigenvalue weighted by Crippen LogP contribution is 2.43. The van der Waals surface area contributed by atoms with Crippen molar-refractivity contribution >= 4 is 43.7 Å². The number of benzene rings is 7. The van der Waals surface area contributed by atoms with Crippen molar-refractivity contribution in [1.29, 1.82) is 0 Å². The van der Waals surface area contributed by atoms with Gasteiger partial charge in [-0.3, -0.25) is 0 Å². The summed E-state index contributed by atoms with van der Waals surface area (Å²) in [5, 5.41) is 4.70. The topological polar surface area (TPSA) is 28.9 Å². The summed E-state index contributed by atoms with van der Waals surface area (Å²) in [4.78, 5) is 3.79. The molecule has 0 fully saturated rings. The summed E-state index contributed by atoms with van der Waals surface area (Å²) < 4.78 is 6.17. The van der Waals surface area contributed by atoms with Gasteiger partial charge in [0.1, 0.15) is 11.2 Å². The third-order valence-electron chi connectivity index (χ3n) is 8.82. The lowest BCUT2D eigenvalue weighted by molar-refractivity contribution is 0.669. The Bertz CT molecular complexity index is 2470. The Morgan fingerprint density at radius 1 is 0.341 bits per heavy atom. The minimum absolute atomic E-state index is 0. The zero-order chi connectivity index (χ0) is 29.0. The summed E-state index contributed by atoms with van der Waals surface area (Å²) in [5.41, 5.74) is 13.7. The summed E-state index contributed by atoms with van der Waals surface area (Å²) in [6.45, 7) is 0. The Morgan fingerprint density at radius 2 is 0.795 bits per heavy atom. The second kappa shape index (κ2) is 9.86. The van der Waals surface area contributed by atoms with Crippen molar-refractivity contribution in [2.45, 2.75) is 0 Å². The molecule has 0 saturated heterocycles. The van der Waals surface area contributed by atoms with Crippen molar-refractivity contribution in [1.82, 2.24) is 4.98 Å². The van der Waals surface area contributed by atoms with Crippen LogP contribution >= 0.6 is 0 Å². The lowest BCUT2D eigenvalue weighted by atomic mass is 9.90. The number of hydrogen-bond donors (Lipinski definition) is 1. The van der Waals surface area contributed by atoms with Crippen LogP contribution in [0.15, 0.2) is 162 Å². The van der Waals surface area contributed by atoms with Gasteiger partial charge < -0.3 is 9.40 Å². The maximum absolute atomic E-state index is 6.17. The molecule has 2 heterocycles. The molecular formula is C42H29NO. The number of H-pyrrole nitrogens is 1. The minimum Gasteiger partial charge on any atom is -0.456 e. The maximum Gasteiger partial charge on any atom is 0.135 e. The van der Waals surface area contributed by atoms with Crippen LogP contribution in [0, 0.1) is 0 Å². The third kappa shape index (κ3) is 3.96. The average molecular weight is 564 g/mol. The van der Waals surface area contributed by atoms with Crippen LogP contribution in [-0.4, -0.2) is 4.98 Å². The Kier molecular flexibility index (Phi) is 5.54. The van der Waals surface area contributed by atoms with E-state index in [4.69, 9.17) is 4.42 Å². The molecule has 0 saturated carbocycles. The van der Waals surface area contributed by atoms with Gasteiger partial charge in [0.25, 0.3) is 0 Å². The van der Waals surface area contributed by atoms with Crippen molar-refractivity contribution in [2.75, 3.05) is 0 Å². The largest absolute Gasteiger partial charge is 0.456 e. The molecule has 7 aromatic carbocycles. The third-order valence-corrected chi connectivity index (χ3v) is 8.82. The van der Waals surface area contributed by atoms with E-state index >= 15 is 0 Å². The molecule has 0 unspecified atom stereocenters. The number of hydrogen-bond acceptors (Lipinski definition) is 1. The first-order valence-electron chi connectivity index (χ1n) is 15.0.